The Kier molecular flexibility index (Phi) is 3.69. The van der Waals surface area contributed by atoms with E-state index >= 15 is 0 Å². The van der Waals surface area contributed by atoms with Gasteiger partial charge in [-0.2, -0.15) is 4.39 Å². The number of carbonyl (C=O) groups is 1. The average Bonchev–Trinajstić information content (AvgIpc) is 1.87. The van der Waals surface area contributed by atoms with Crippen molar-refractivity contribution in [3.8, 4) is 0 Å². The van der Waals surface area contributed by atoms with Gasteiger partial charge in [0, 0.05) is 0 Å². The van der Waals surface area contributed by atoms with E-state index in [9.17, 15) is 9.18 Å². The number of carbonyl (C=O) groups excluding carboxylic acids is 1. The lowest BCUT2D eigenvalue weighted by Crippen LogP contribution is -2.05. The second kappa shape index (κ2) is 4.04. The smallest absolute Gasteiger partial charge is 0.367 e. The molecule has 0 N–H and O–H groups in total. The number of hydrogen-bond acceptors (Lipinski definition) is 2. The molecular weight excluding hydrogens is 135 g/mol. The highest BCUT2D eigenvalue weighted by atomic mass is 19.1. The first-order chi connectivity index (χ1) is 4.59. The molecule has 10 heavy (non-hydrogen) atoms. The van der Waals surface area contributed by atoms with Crippen molar-refractivity contribution in [1.29, 1.82) is 0 Å². The first-order valence-electron chi connectivity index (χ1n) is 3.09. The van der Waals surface area contributed by atoms with Crippen molar-refractivity contribution in [2.75, 3.05) is 6.61 Å². The fraction of sp³-hybridized carbons (Fsp3) is 0.571. The van der Waals surface area contributed by atoms with Gasteiger partial charge in [0.2, 0.25) is 5.83 Å². The van der Waals surface area contributed by atoms with Crippen molar-refractivity contribution in [2.45, 2.75) is 20.8 Å². The fourth-order valence-electron chi connectivity index (χ4n) is 0.399. The Bertz CT molecular complexity index is 157. The Balaban J connectivity index is 4.09. The van der Waals surface area contributed by atoms with E-state index in [0.717, 1.165) is 0 Å². The molecule has 0 saturated heterocycles. The van der Waals surface area contributed by atoms with Crippen molar-refractivity contribution < 1.29 is 13.9 Å². The second-order valence-electron chi connectivity index (χ2n) is 2.03. The standard InChI is InChI=1S/C7H11FO2/c1-4-10-7(9)6(8)5(2)3/h4H2,1-3H3. The summed E-state index contributed by atoms with van der Waals surface area (Å²) in [5, 5.41) is 0. The van der Waals surface area contributed by atoms with E-state index in [1.54, 1.807) is 6.92 Å². The van der Waals surface area contributed by atoms with E-state index in [0.29, 0.717) is 5.57 Å². The third-order valence-corrected chi connectivity index (χ3v) is 0.894. The summed E-state index contributed by atoms with van der Waals surface area (Å²) in [6.07, 6.45) is 0. The molecule has 0 fully saturated rings. The summed E-state index contributed by atoms with van der Waals surface area (Å²) >= 11 is 0. The van der Waals surface area contributed by atoms with Gasteiger partial charge in [-0.15, -0.1) is 0 Å². The van der Waals surface area contributed by atoms with Crippen molar-refractivity contribution >= 4 is 5.97 Å². The van der Waals surface area contributed by atoms with Crippen LogP contribution in [0.25, 0.3) is 0 Å². The van der Waals surface area contributed by atoms with E-state index in [-0.39, 0.29) is 6.61 Å². The Morgan fingerprint density at radius 1 is 1.50 bits per heavy atom. The van der Waals surface area contributed by atoms with E-state index in [1.807, 2.05) is 0 Å². The first-order valence-corrected chi connectivity index (χ1v) is 3.09. The number of allylic oxidation sites excluding steroid dienone is 1. The largest absolute Gasteiger partial charge is 0.461 e. The lowest BCUT2D eigenvalue weighted by Gasteiger charge is -1.98. The van der Waals surface area contributed by atoms with E-state index < -0.39 is 11.8 Å². The minimum Gasteiger partial charge on any atom is -0.461 e. The normalized spacial score (nSPS) is 8.80. The number of ether oxygens (including phenoxy) is 1. The fourth-order valence-corrected chi connectivity index (χ4v) is 0.399. The van der Waals surface area contributed by atoms with Crippen LogP contribution in [0.4, 0.5) is 4.39 Å². The number of esters is 1. The monoisotopic (exact) mass is 146 g/mol. The van der Waals surface area contributed by atoms with Crippen LogP contribution in [0.1, 0.15) is 20.8 Å². The summed E-state index contributed by atoms with van der Waals surface area (Å²) in [7, 11) is 0. The van der Waals surface area contributed by atoms with Crippen molar-refractivity contribution in [2.24, 2.45) is 0 Å². The van der Waals surface area contributed by atoms with Crippen LogP contribution < -0.4 is 0 Å². The molecule has 0 heterocycles. The average molecular weight is 146 g/mol. The van der Waals surface area contributed by atoms with Gasteiger partial charge in [-0.1, -0.05) is 0 Å². The highest BCUT2D eigenvalue weighted by molar-refractivity contribution is 5.86. The molecule has 0 atom stereocenters. The molecule has 3 heteroatoms. The molecule has 0 aromatic rings. The molecular formula is C7H11FO2. The molecule has 0 bridgehead atoms. The Morgan fingerprint density at radius 2 is 2.00 bits per heavy atom. The van der Waals surface area contributed by atoms with Gasteiger partial charge < -0.3 is 4.74 Å². The Morgan fingerprint density at radius 3 is 2.30 bits per heavy atom. The van der Waals surface area contributed by atoms with Crippen LogP contribution in [0, 0.1) is 0 Å². The number of hydrogen-bond donors (Lipinski definition) is 0. The molecule has 0 amide bonds. The quantitative estimate of drug-likeness (QED) is 0.438. The summed E-state index contributed by atoms with van der Waals surface area (Å²) in [5.41, 5.74) is 0.346. The maximum Gasteiger partial charge on any atom is 0.367 e. The predicted molar refractivity (Wildman–Crippen MR) is 36.1 cm³/mol. The summed E-state index contributed by atoms with van der Waals surface area (Å²) < 4.78 is 16.9. The van der Waals surface area contributed by atoms with Crippen LogP contribution in [0.2, 0.25) is 0 Å². The topological polar surface area (TPSA) is 26.3 Å². The van der Waals surface area contributed by atoms with Crippen LogP contribution in [0.3, 0.4) is 0 Å². The van der Waals surface area contributed by atoms with Gasteiger partial charge in [-0.25, -0.2) is 4.79 Å². The van der Waals surface area contributed by atoms with Gasteiger partial charge >= 0.3 is 5.97 Å². The van der Waals surface area contributed by atoms with Gasteiger partial charge in [0.25, 0.3) is 0 Å². The molecule has 58 valence electrons. The molecule has 0 saturated carbocycles. The lowest BCUT2D eigenvalue weighted by atomic mass is 10.3. The highest BCUT2D eigenvalue weighted by Crippen LogP contribution is 2.05. The lowest BCUT2D eigenvalue weighted by molar-refractivity contribution is -0.140. The molecule has 0 aliphatic heterocycles. The van der Waals surface area contributed by atoms with Gasteiger partial charge in [0.15, 0.2) is 0 Å². The van der Waals surface area contributed by atoms with E-state index in [2.05, 4.69) is 4.74 Å². The Labute approximate surface area is 59.7 Å². The van der Waals surface area contributed by atoms with Crippen LogP contribution in [0.5, 0.6) is 0 Å². The van der Waals surface area contributed by atoms with Crippen LogP contribution >= 0.6 is 0 Å². The summed E-state index contributed by atoms with van der Waals surface area (Å²) in [6, 6.07) is 0. The number of halogens is 1. The zero-order valence-electron chi connectivity index (χ0n) is 6.40. The maximum absolute atomic E-state index is 12.5. The van der Waals surface area contributed by atoms with Crippen LogP contribution in [0.15, 0.2) is 11.4 Å². The Hall–Kier alpha value is -0.860. The van der Waals surface area contributed by atoms with E-state index in [4.69, 9.17) is 0 Å². The zero-order chi connectivity index (χ0) is 8.15. The molecule has 0 aliphatic carbocycles. The molecule has 0 aromatic carbocycles. The molecule has 0 aromatic heterocycles. The minimum atomic E-state index is -0.873. The maximum atomic E-state index is 12.5. The van der Waals surface area contributed by atoms with Gasteiger partial charge in [0.05, 0.1) is 6.61 Å². The number of rotatable bonds is 2. The van der Waals surface area contributed by atoms with Gasteiger partial charge in [0.1, 0.15) is 0 Å². The first kappa shape index (κ1) is 9.14. The minimum absolute atomic E-state index is 0.208. The van der Waals surface area contributed by atoms with Gasteiger partial charge in [-0.05, 0) is 26.3 Å². The highest BCUT2D eigenvalue weighted by Gasteiger charge is 2.09. The second-order valence-corrected chi connectivity index (χ2v) is 2.03. The van der Waals surface area contributed by atoms with Crippen molar-refractivity contribution in [3.63, 3.8) is 0 Å². The van der Waals surface area contributed by atoms with E-state index in [1.165, 1.54) is 13.8 Å². The van der Waals surface area contributed by atoms with Crippen molar-refractivity contribution in [3.05, 3.63) is 11.4 Å². The molecule has 0 unspecified atom stereocenters. The molecule has 0 aliphatic rings. The summed E-state index contributed by atoms with van der Waals surface area (Å²) in [6.45, 7) is 4.88. The van der Waals surface area contributed by atoms with Crippen LogP contribution in [-0.2, 0) is 9.53 Å². The summed E-state index contributed by atoms with van der Waals surface area (Å²) in [4.78, 5) is 10.5. The molecule has 2 nitrogen and oxygen atoms in total. The third-order valence-electron chi connectivity index (χ3n) is 0.894. The third kappa shape index (κ3) is 2.62. The SMILES string of the molecule is CCOC(=O)C(F)=C(C)C. The summed E-state index contributed by atoms with van der Waals surface area (Å²) in [5.74, 6) is -1.66. The van der Waals surface area contributed by atoms with Gasteiger partial charge in [-0.3, -0.25) is 0 Å². The predicted octanol–water partition coefficient (Wildman–Crippen LogP) is 1.81. The molecule has 0 radical (unpaired) electrons. The molecule has 0 rings (SSSR count). The zero-order valence-corrected chi connectivity index (χ0v) is 6.40. The van der Waals surface area contributed by atoms with Crippen molar-refractivity contribution in [1.82, 2.24) is 0 Å². The van der Waals surface area contributed by atoms with Crippen LogP contribution in [-0.4, -0.2) is 12.6 Å². The molecule has 0 spiro atoms.